The van der Waals surface area contributed by atoms with Gasteiger partial charge < -0.3 is 19.7 Å². The predicted molar refractivity (Wildman–Crippen MR) is 80.1 cm³/mol. The molecule has 22 heavy (non-hydrogen) atoms. The second-order valence-corrected chi connectivity index (χ2v) is 5.93. The zero-order valence-electron chi connectivity index (χ0n) is 13.5. The lowest BCUT2D eigenvalue weighted by Crippen LogP contribution is -2.50. The van der Waals surface area contributed by atoms with E-state index in [-0.39, 0.29) is 19.1 Å². The van der Waals surface area contributed by atoms with Gasteiger partial charge >= 0.3 is 12.1 Å². The molecule has 1 atom stereocenters. The topological polar surface area (TPSA) is 84.9 Å². The van der Waals surface area contributed by atoms with E-state index in [1.54, 1.807) is 39.8 Å². The Kier molecular flexibility index (Phi) is 6.39. The zero-order chi connectivity index (χ0) is 16.8. The van der Waals surface area contributed by atoms with Crippen LogP contribution in [-0.2, 0) is 19.1 Å². The summed E-state index contributed by atoms with van der Waals surface area (Å²) in [7, 11) is 0. The molecule has 7 heteroatoms. The van der Waals surface area contributed by atoms with E-state index < -0.39 is 23.7 Å². The third kappa shape index (κ3) is 6.15. The Balaban J connectivity index is 2.66. The van der Waals surface area contributed by atoms with Gasteiger partial charge in [0.2, 0.25) is 5.91 Å². The van der Waals surface area contributed by atoms with Crippen LogP contribution in [0.1, 0.15) is 34.1 Å². The van der Waals surface area contributed by atoms with Crippen molar-refractivity contribution in [2.45, 2.75) is 45.8 Å². The van der Waals surface area contributed by atoms with Gasteiger partial charge in [0.1, 0.15) is 18.2 Å². The van der Waals surface area contributed by atoms with Crippen molar-refractivity contribution in [3.05, 3.63) is 12.2 Å². The first-order valence-corrected chi connectivity index (χ1v) is 7.32. The SMILES string of the molecule is CCOC(=O)CN1CC=CC[C@H](NC(=O)OC(C)(C)C)C1=O. The molecule has 0 bridgehead atoms. The van der Waals surface area contributed by atoms with Crippen LogP contribution in [0, 0.1) is 0 Å². The number of hydrogen-bond donors (Lipinski definition) is 1. The highest BCUT2D eigenvalue weighted by Gasteiger charge is 2.29. The van der Waals surface area contributed by atoms with E-state index in [9.17, 15) is 14.4 Å². The number of rotatable bonds is 4. The van der Waals surface area contributed by atoms with Gasteiger partial charge in [0.15, 0.2) is 0 Å². The quantitative estimate of drug-likeness (QED) is 0.623. The first-order valence-electron chi connectivity index (χ1n) is 7.32. The van der Waals surface area contributed by atoms with Gasteiger partial charge in [0.25, 0.3) is 0 Å². The molecule has 0 aliphatic carbocycles. The fraction of sp³-hybridized carbons (Fsp3) is 0.667. The maximum Gasteiger partial charge on any atom is 0.408 e. The fourth-order valence-corrected chi connectivity index (χ4v) is 1.92. The Morgan fingerprint density at radius 3 is 2.64 bits per heavy atom. The molecule has 1 aliphatic heterocycles. The first kappa shape index (κ1) is 18.0. The summed E-state index contributed by atoms with van der Waals surface area (Å²) in [6.07, 6.45) is 3.29. The Morgan fingerprint density at radius 1 is 1.36 bits per heavy atom. The average Bonchev–Trinajstić information content (AvgIpc) is 2.52. The van der Waals surface area contributed by atoms with Crippen LogP contribution in [0.2, 0.25) is 0 Å². The van der Waals surface area contributed by atoms with Gasteiger partial charge in [-0.05, 0) is 34.1 Å². The number of amides is 2. The molecule has 0 saturated heterocycles. The molecule has 7 nitrogen and oxygen atoms in total. The van der Waals surface area contributed by atoms with Crippen molar-refractivity contribution in [1.29, 1.82) is 0 Å². The van der Waals surface area contributed by atoms with Crippen LogP contribution in [0.15, 0.2) is 12.2 Å². The van der Waals surface area contributed by atoms with Gasteiger partial charge in [0, 0.05) is 6.54 Å². The lowest BCUT2D eigenvalue weighted by molar-refractivity contribution is -0.149. The minimum atomic E-state index is -0.747. The third-order valence-corrected chi connectivity index (χ3v) is 2.79. The summed E-state index contributed by atoms with van der Waals surface area (Å²) in [6.45, 7) is 7.37. The molecule has 1 aliphatic rings. The molecule has 0 aromatic heterocycles. The van der Waals surface area contributed by atoms with Gasteiger partial charge in [-0.15, -0.1) is 0 Å². The van der Waals surface area contributed by atoms with Crippen molar-refractivity contribution in [3.8, 4) is 0 Å². The molecule has 0 unspecified atom stereocenters. The number of esters is 1. The molecule has 0 saturated carbocycles. The molecule has 0 fully saturated rings. The number of carbonyl (C=O) groups is 3. The maximum atomic E-state index is 12.4. The summed E-state index contributed by atoms with van der Waals surface area (Å²) in [6, 6.07) is -0.747. The Bertz CT molecular complexity index is 453. The lowest BCUT2D eigenvalue weighted by atomic mass is 10.2. The molecular weight excluding hydrogens is 288 g/mol. The minimum Gasteiger partial charge on any atom is -0.465 e. The summed E-state index contributed by atoms with van der Waals surface area (Å²) >= 11 is 0. The van der Waals surface area contributed by atoms with Crippen molar-refractivity contribution in [3.63, 3.8) is 0 Å². The Morgan fingerprint density at radius 2 is 2.05 bits per heavy atom. The van der Waals surface area contributed by atoms with Crippen LogP contribution in [0.4, 0.5) is 4.79 Å². The molecule has 0 radical (unpaired) electrons. The number of nitrogens with one attached hydrogen (secondary N) is 1. The molecule has 1 rings (SSSR count). The van der Waals surface area contributed by atoms with E-state index in [1.807, 2.05) is 0 Å². The van der Waals surface area contributed by atoms with Crippen LogP contribution < -0.4 is 5.32 Å². The monoisotopic (exact) mass is 312 g/mol. The molecule has 2 amide bonds. The van der Waals surface area contributed by atoms with E-state index in [0.717, 1.165) is 0 Å². The van der Waals surface area contributed by atoms with Crippen LogP contribution >= 0.6 is 0 Å². The second kappa shape index (κ2) is 7.82. The third-order valence-electron chi connectivity index (χ3n) is 2.79. The number of hydrogen-bond acceptors (Lipinski definition) is 5. The number of nitrogens with zero attached hydrogens (tertiary/aromatic N) is 1. The standard InChI is InChI=1S/C15H24N2O5/c1-5-21-12(18)10-17-9-7-6-8-11(13(17)19)16-14(20)22-15(2,3)4/h6-7,11H,5,8-10H2,1-4H3,(H,16,20)/t11-/m0/s1. The van der Waals surface area contributed by atoms with E-state index in [4.69, 9.17) is 9.47 Å². The van der Waals surface area contributed by atoms with E-state index in [0.29, 0.717) is 13.0 Å². The highest BCUT2D eigenvalue weighted by Crippen LogP contribution is 2.10. The maximum absolute atomic E-state index is 12.4. The number of ether oxygens (including phenoxy) is 2. The molecule has 0 aromatic carbocycles. The van der Waals surface area contributed by atoms with Crippen molar-refractivity contribution in [2.75, 3.05) is 19.7 Å². The molecule has 0 aromatic rings. The smallest absolute Gasteiger partial charge is 0.408 e. The van der Waals surface area contributed by atoms with Crippen LogP contribution in [0.5, 0.6) is 0 Å². The van der Waals surface area contributed by atoms with Crippen LogP contribution in [0.25, 0.3) is 0 Å². The summed E-state index contributed by atoms with van der Waals surface area (Å²) in [4.78, 5) is 37.1. The zero-order valence-corrected chi connectivity index (χ0v) is 13.5. The van der Waals surface area contributed by atoms with Crippen LogP contribution in [0.3, 0.4) is 0 Å². The molecular formula is C15H24N2O5. The largest absolute Gasteiger partial charge is 0.465 e. The molecule has 124 valence electrons. The highest BCUT2D eigenvalue weighted by atomic mass is 16.6. The molecule has 1 heterocycles. The minimum absolute atomic E-state index is 0.135. The predicted octanol–water partition coefficient (Wildman–Crippen LogP) is 1.23. The molecule has 1 N–H and O–H groups in total. The number of carbonyl (C=O) groups excluding carboxylic acids is 3. The Hall–Kier alpha value is -2.05. The van der Waals surface area contributed by atoms with Crippen molar-refractivity contribution < 1.29 is 23.9 Å². The first-order chi connectivity index (χ1) is 10.2. The van der Waals surface area contributed by atoms with Gasteiger partial charge in [-0.25, -0.2) is 4.79 Å². The van der Waals surface area contributed by atoms with E-state index >= 15 is 0 Å². The number of alkyl carbamates (subject to hydrolysis) is 1. The summed E-state index contributed by atoms with van der Waals surface area (Å²) < 4.78 is 10.00. The van der Waals surface area contributed by atoms with Crippen molar-refractivity contribution in [1.82, 2.24) is 10.2 Å². The highest BCUT2D eigenvalue weighted by molar-refractivity contribution is 5.89. The van der Waals surface area contributed by atoms with E-state index in [1.165, 1.54) is 4.90 Å². The fourth-order valence-electron chi connectivity index (χ4n) is 1.92. The summed E-state index contributed by atoms with van der Waals surface area (Å²) in [5.41, 5.74) is -0.641. The van der Waals surface area contributed by atoms with Crippen molar-refractivity contribution in [2.24, 2.45) is 0 Å². The van der Waals surface area contributed by atoms with Crippen molar-refractivity contribution >= 4 is 18.0 Å². The van der Waals surface area contributed by atoms with Gasteiger partial charge in [-0.2, -0.15) is 0 Å². The Labute approximate surface area is 130 Å². The summed E-state index contributed by atoms with van der Waals surface area (Å²) in [5, 5.41) is 2.54. The van der Waals surface area contributed by atoms with Gasteiger partial charge in [-0.3, -0.25) is 9.59 Å². The lowest BCUT2D eigenvalue weighted by Gasteiger charge is -2.25. The average molecular weight is 312 g/mol. The van der Waals surface area contributed by atoms with E-state index in [2.05, 4.69) is 5.32 Å². The normalized spacial score (nSPS) is 18.6. The van der Waals surface area contributed by atoms with Gasteiger partial charge in [0.05, 0.1) is 6.61 Å². The van der Waals surface area contributed by atoms with Crippen LogP contribution in [-0.4, -0.2) is 54.2 Å². The second-order valence-electron chi connectivity index (χ2n) is 5.93. The summed E-state index contributed by atoms with van der Waals surface area (Å²) in [5.74, 6) is -0.800. The van der Waals surface area contributed by atoms with Gasteiger partial charge in [-0.1, -0.05) is 12.2 Å². The molecule has 0 spiro atoms.